The lowest BCUT2D eigenvalue weighted by Crippen LogP contribution is -2.49. The Labute approximate surface area is 179 Å². The number of amides is 1. The summed E-state index contributed by atoms with van der Waals surface area (Å²) in [6, 6.07) is 20.7. The van der Waals surface area contributed by atoms with Crippen LogP contribution in [0.25, 0.3) is 16.6 Å². The van der Waals surface area contributed by atoms with Crippen LogP contribution in [0.3, 0.4) is 0 Å². The van der Waals surface area contributed by atoms with Gasteiger partial charge in [0.1, 0.15) is 0 Å². The van der Waals surface area contributed by atoms with Gasteiger partial charge in [-0.15, -0.1) is 10.2 Å². The number of rotatable bonds is 4. The summed E-state index contributed by atoms with van der Waals surface area (Å²) in [7, 11) is 0. The zero-order valence-corrected chi connectivity index (χ0v) is 17.7. The summed E-state index contributed by atoms with van der Waals surface area (Å²) >= 11 is 1.46. The second-order valence-electron chi connectivity index (χ2n) is 7.51. The molecule has 1 saturated heterocycles. The molecule has 1 aliphatic rings. The van der Waals surface area contributed by atoms with E-state index in [9.17, 15) is 4.79 Å². The molecule has 4 aromatic rings. The van der Waals surface area contributed by atoms with Gasteiger partial charge in [0.2, 0.25) is 5.91 Å². The number of carbonyl (C=O) groups excluding carboxylic acids is 1. The van der Waals surface area contributed by atoms with E-state index in [0.717, 1.165) is 42.5 Å². The maximum atomic E-state index is 12.8. The molecular weight excluding hydrogens is 394 g/mol. The minimum atomic E-state index is 0.154. The molecule has 0 spiro atoms. The summed E-state index contributed by atoms with van der Waals surface area (Å²) in [6.07, 6.45) is 0. The van der Waals surface area contributed by atoms with Crippen molar-refractivity contribution >= 4 is 39.9 Å². The van der Waals surface area contributed by atoms with Crippen LogP contribution in [0.15, 0.2) is 65.8 Å². The summed E-state index contributed by atoms with van der Waals surface area (Å²) < 4.78 is 2.05. The Bertz CT molecular complexity index is 1200. The van der Waals surface area contributed by atoms with E-state index in [1.165, 1.54) is 28.4 Å². The van der Waals surface area contributed by atoms with E-state index in [2.05, 4.69) is 58.4 Å². The molecule has 152 valence electrons. The van der Waals surface area contributed by atoms with Crippen LogP contribution < -0.4 is 4.90 Å². The summed E-state index contributed by atoms with van der Waals surface area (Å²) in [5, 5.41) is 10.6. The van der Waals surface area contributed by atoms with E-state index >= 15 is 0 Å². The number of hydrogen-bond acceptors (Lipinski definition) is 5. The van der Waals surface area contributed by atoms with Gasteiger partial charge in [0.15, 0.2) is 10.8 Å². The average Bonchev–Trinajstić information content (AvgIpc) is 3.21. The predicted octanol–water partition coefficient (Wildman–Crippen LogP) is 3.63. The van der Waals surface area contributed by atoms with Gasteiger partial charge >= 0.3 is 0 Å². The molecule has 1 amide bonds. The van der Waals surface area contributed by atoms with Gasteiger partial charge in [-0.1, -0.05) is 48.2 Å². The standard InChI is InChI=1S/C23H23N5OS/c1-17-15-21-24-25-23(28(21)20-10-6-5-9-19(17)20)30-16-22(29)27-13-11-26(12-14-27)18-7-3-2-4-8-18/h2-10,15H,11-14,16H2,1H3. The molecule has 6 nitrogen and oxygen atoms in total. The Morgan fingerprint density at radius 2 is 1.70 bits per heavy atom. The molecule has 0 bridgehead atoms. The fraction of sp³-hybridized carbons (Fsp3) is 0.261. The molecule has 2 aromatic carbocycles. The highest BCUT2D eigenvalue weighted by Crippen LogP contribution is 2.26. The van der Waals surface area contributed by atoms with Crippen molar-refractivity contribution in [3.05, 3.63) is 66.2 Å². The predicted molar refractivity (Wildman–Crippen MR) is 121 cm³/mol. The fourth-order valence-corrected chi connectivity index (χ4v) is 4.89. The lowest BCUT2D eigenvalue weighted by atomic mass is 10.1. The zero-order chi connectivity index (χ0) is 20.5. The molecule has 0 radical (unpaired) electrons. The van der Waals surface area contributed by atoms with Gasteiger partial charge in [-0.05, 0) is 36.8 Å². The van der Waals surface area contributed by atoms with Crippen molar-refractivity contribution in [2.24, 2.45) is 0 Å². The van der Waals surface area contributed by atoms with E-state index in [-0.39, 0.29) is 5.91 Å². The number of para-hydroxylation sites is 2. The largest absolute Gasteiger partial charge is 0.368 e. The molecule has 0 N–H and O–H groups in total. The van der Waals surface area contributed by atoms with Gasteiger partial charge in [0.25, 0.3) is 0 Å². The summed E-state index contributed by atoms with van der Waals surface area (Å²) in [4.78, 5) is 17.1. The topological polar surface area (TPSA) is 53.7 Å². The number of fused-ring (bicyclic) bond motifs is 3. The van der Waals surface area contributed by atoms with Crippen molar-refractivity contribution in [1.82, 2.24) is 19.5 Å². The van der Waals surface area contributed by atoms with Crippen LogP contribution in [-0.2, 0) is 4.79 Å². The molecular formula is C23H23N5OS. The third-order valence-electron chi connectivity index (χ3n) is 5.65. The monoisotopic (exact) mass is 417 g/mol. The number of carbonyl (C=O) groups is 1. The first-order valence-corrected chi connectivity index (χ1v) is 11.1. The van der Waals surface area contributed by atoms with Gasteiger partial charge in [-0.25, -0.2) is 0 Å². The van der Waals surface area contributed by atoms with Gasteiger partial charge in [0.05, 0.1) is 11.3 Å². The quantitative estimate of drug-likeness (QED) is 0.475. The van der Waals surface area contributed by atoms with Crippen LogP contribution in [0.4, 0.5) is 5.69 Å². The van der Waals surface area contributed by atoms with Crippen molar-refractivity contribution < 1.29 is 4.79 Å². The van der Waals surface area contributed by atoms with Crippen molar-refractivity contribution in [3.8, 4) is 0 Å². The van der Waals surface area contributed by atoms with Crippen LogP contribution in [-0.4, -0.2) is 57.3 Å². The smallest absolute Gasteiger partial charge is 0.233 e. The molecule has 0 atom stereocenters. The Balaban J connectivity index is 1.27. The van der Waals surface area contributed by atoms with Gasteiger partial charge < -0.3 is 9.80 Å². The van der Waals surface area contributed by atoms with Crippen molar-refractivity contribution in [2.75, 3.05) is 36.8 Å². The lowest BCUT2D eigenvalue weighted by Gasteiger charge is -2.36. The molecule has 1 aliphatic heterocycles. The van der Waals surface area contributed by atoms with E-state index in [1.807, 2.05) is 33.6 Å². The minimum absolute atomic E-state index is 0.154. The number of piperazine rings is 1. The first-order chi connectivity index (χ1) is 14.7. The normalized spacial score (nSPS) is 14.6. The first-order valence-electron chi connectivity index (χ1n) is 10.1. The number of thioether (sulfide) groups is 1. The first kappa shape index (κ1) is 18.9. The highest BCUT2D eigenvalue weighted by Gasteiger charge is 2.22. The number of hydrogen-bond donors (Lipinski definition) is 0. The number of pyridine rings is 1. The van der Waals surface area contributed by atoms with Gasteiger partial charge in [0, 0.05) is 37.3 Å². The maximum Gasteiger partial charge on any atom is 0.233 e. The van der Waals surface area contributed by atoms with E-state index in [1.54, 1.807) is 0 Å². The number of benzene rings is 2. The lowest BCUT2D eigenvalue weighted by molar-refractivity contribution is -0.128. The van der Waals surface area contributed by atoms with Gasteiger partial charge in [-0.3, -0.25) is 9.20 Å². The van der Waals surface area contributed by atoms with Crippen molar-refractivity contribution in [3.63, 3.8) is 0 Å². The SMILES string of the molecule is Cc1cc2nnc(SCC(=O)N3CCN(c4ccccc4)CC3)n2c2ccccc12. The number of nitrogens with zero attached hydrogens (tertiary/aromatic N) is 5. The summed E-state index contributed by atoms with van der Waals surface area (Å²) in [5.41, 5.74) is 4.28. The molecule has 0 unspecified atom stereocenters. The minimum Gasteiger partial charge on any atom is -0.368 e. The van der Waals surface area contributed by atoms with E-state index in [0.29, 0.717) is 5.75 Å². The molecule has 7 heteroatoms. The van der Waals surface area contributed by atoms with E-state index < -0.39 is 0 Å². The molecule has 3 heterocycles. The van der Waals surface area contributed by atoms with Crippen LogP contribution in [0, 0.1) is 6.92 Å². The van der Waals surface area contributed by atoms with Crippen LogP contribution >= 0.6 is 11.8 Å². The second-order valence-corrected chi connectivity index (χ2v) is 8.46. The second kappa shape index (κ2) is 7.99. The Kier molecular flexibility index (Phi) is 5.04. The molecule has 1 fully saturated rings. The molecule has 5 rings (SSSR count). The summed E-state index contributed by atoms with van der Waals surface area (Å²) in [6.45, 7) is 5.30. The van der Waals surface area contributed by atoms with Crippen molar-refractivity contribution in [2.45, 2.75) is 12.1 Å². The highest BCUT2D eigenvalue weighted by molar-refractivity contribution is 7.99. The van der Waals surface area contributed by atoms with Crippen LogP contribution in [0.1, 0.15) is 5.56 Å². The highest BCUT2D eigenvalue weighted by atomic mass is 32.2. The zero-order valence-electron chi connectivity index (χ0n) is 16.9. The average molecular weight is 418 g/mol. The Morgan fingerprint density at radius 3 is 2.50 bits per heavy atom. The number of aryl methyl sites for hydroxylation is 1. The van der Waals surface area contributed by atoms with Gasteiger partial charge in [-0.2, -0.15) is 0 Å². The third-order valence-corrected chi connectivity index (χ3v) is 6.57. The summed E-state index contributed by atoms with van der Waals surface area (Å²) in [5.74, 6) is 0.523. The van der Waals surface area contributed by atoms with E-state index in [4.69, 9.17) is 0 Å². The van der Waals surface area contributed by atoms with Crippen molar-refractivity contribution in [1.29, 1.82) is 0 Å². The van der Waals surface area contributed by atoms with Crippen LogP contribution in [0.5, 0.6) is 0 Å². The molecule has 0 aliphatic carbocycles. The fourth-order valence-electron chi connectivity index (χ4n) is 4.04. The Morgan fingerprint density at radius 1 is 0.967 bits per heavy atom. The maximum absolute atomic E-state index is 12.8. The number of anilines is 1. The number of aromatic nitrogens is 3. The molecule has 0 saturated carbocycles. The van der Waals surface area contributed by atoms with Crippen LogP contribution in [0.2, 0.25) is 0 Å². The Hall–Kier alpha value is -3.06. The molecule has 30 heavy (non-hydrogen) atoms. The molecule has 2 aromatic heterocycles. The third kappa shape index (κ3) is 3.50.